The summed E-state index contributed by atoms with van der Waals surface area (Å²) in [5, 5.41) is 1.27. The molecule has 2 aromatic carbocycles. The number of imide groups is 1. The summed E-state index contributed by atoms with van der Waals surface area (Å²) in [6.07, 6.45) is 0.622. The molecule has 2 heterocycles. The second-order valence-corrected chi connectivity index (χ2v) is 8.25. The molecule has 4 rings (SSSR count). The summed E-state index contributed by atoms with van der Waals surface area (Å²) >= 11 is 1.48. The predicted octanol–water partition coefficient (Wildman–Crippen LogP) is 3.76. The van der Waals surface area contributed by atoms with Crippen molar-refractivity contribution in [2.45, 2.75) is 31.5 Å². The van der Waals surface area contributed by atoms with Crippen LogP contribution in [-0.4, -0.2) is 38.6 Å². The number of aromatic nitrogens is 2. The summed E-state index contributed by atoms with van der Waals surface area (Å²) in [5.41, 5.74) is 1.57. The maximum absolute atomic E-state index is 12.9. The molecule has 7 heteroatoms. The molecule has 6 nitrogen and oxygen atoms in total. The summed E-state index contributed by atoms with van der Waals surface area (Å²) in [4.78, 5) is 43.7. The Morgan fingerprint density at radius 1 is 0.931 bits per heavy atom. The predicted molar refractivity (Wildman–Crippen MR) is 114 cm³/mol. The number of hydrogen-bond acceptors (Lipinski definition) is 5. The molecule has 148 valence electrons. The van der Waals surface area contributed by atoms with Crippen LogP contribution in [0.2, 0.25) is 0 Å². The van der Waals surface area contributed by atoms with Crippen molar-refractivity contribution in [3.63, 3.8) is 0 Å². The van der Waals surface area contributed by atoms with Crippen molar-refractivity contribution < 1.29 is 9.59 Å². The van der Waals surface area contributed by atoms with Crippen molar-refractivity contribution in [2.75, 3.05) is 12.3 Å². The van der Waals surface area contributed by atoms with Crippen LogP contribution in [0.5, 0.6) is 0 Å². The van der Waals surface area contributed by atoms with Crippen molar-refractivity contribution in [2.24, 2.45) is 0 Å². The normalized spacial score (nSPS) is 13.6. The number of hydrogen-bond donors (Lipinski definition) is 0. The van der Waals surface area contributed by atoms with Crippen LogP contribution in [0.15, 0.2) is 58.5 Å². The topological polar surface area (TPSA) is 72.3 Å². The molecule has 0 radical (unpaired) electrons. The Balaban J connectivity index is 1.47. The van der Waals surface area contributed by atoms with Crippen LogP contribution in [0, 0.1) is 0 Å². The first-order valence-corrected chi connectivity index (χ1v) is 10.6. The third-order valence-corrected chi connectivity index (χ3v) is 5.97. The van der Waals surface area contributed by atoms with Gasteiger partial charge in [0.2, 0.25) is 0 Å². The van der Waals surface area contributed by atoms with E-state index < -0.39 is 0 Å². The first-order valence-electron chi connectivity index (χ1n) is 9.58. The minimum atomic E-state index is -0.237. The smallest absolute Gasteiger partial charge is 0.262 e. The molecule has 0 bridgehead atoms. The lowest BCUT2D eigenvalue weighted by molar-refractivity contribution is 0.0655. The first-order chi connectivity index (χ1) is 14.0. The van der Waals surface area contributed by atoms with Gasteiger partial charge in [0.25, 0.3) is 17.4 Å². The van der Waals surface area contributed by atoms with Crippen molar-refractivity contribution in [3.8, 4) is 0 Å². The van der Waals surface area contributed by atoms with E-state index in [0.717, 1.165) is 0 Å². The molecule has 1 aliphatic heterocycles. The lowest BCUT2D eigenvalue weighted by atomic mass is 10.1. The number of para-hydroxylation sites is 1. The van der Waals surface area contributed by atoms with Crippen LogP contribution in [0.25, 0.3) is 10.9 Å². The second kappa shape index (κ2) is 7.83. The van der Waals surface area contributed by atoms with Crippen LogP contribution in [-0.2, 0) is 0 Å². The number of fused-ring (bicyclic) bond motifs is 2. The van der Waals surface area contributed by atoms with Gasteiger partial charge in [0, 0.05) is 18.3 Å². The van der Waals surface area contributed by atoms with Gasteiger partial charge in [-0.25, -0.2) is 4.98 Å². The van der Waals surface area contributed by atoms with Crippen LogP contribution < -0.4 is 5.56 Å². The number of benzene rings is 2. The van der Waals surface area contributed by atoms with Gasteiger partial charge in [-0.05, 0) is 44.5 Å². The van der Waals surface area contributed by atoms with Crippen LogP contribution in [0.1, 0.15) is 47.0 Å². The highest BCUT2D eigenvalue weighted by molar-refractivity contribution is 7.99. The van der Waals surface area contributed by atoms with Crippen molar-refractivity contribution in [3.05, 3.63) is 70.0 Å². The minimum absolute atomic E-state index is 0.0154. The minimum Gasteiger partial charge on any atom is -0.285 e. The van der Waals surface area contributed by atoms with E-state index in [0.29, 0.717) is 45.9 Å². The fourth-order valence-corrected chi connectivity index (χ4v) is 4.56. The van der Waals surface area contributed by atoms with Gasteiger partial charge in [-0.1, -0.05) is 36.0 Å². The number of carbonyl (C=O) groups is 2. The van der Waals surface area contributed by atoms with Gasteiger partial charge in [-0.15, -0.1) is 0 Å². The van der Waals surface area contributed by atoms with E-state index in [1.165, 1.54) is 16.7 Å². The van der Waals surface area contributed by atoms with E-state index in [4.69, 9.17) is 0 Å². The summed E-state index contributed by atoms with van der Waals surface area (Å²) in [6.45, 7) is 4.26. The van der Waals surface area contributed by atoms with Gasteiger partial charge in [0.15, 0.2) is 5.16 Å². The van der Waals surface area contributed by atoms with Gasteiger partial charge in [-0.3, -0.25) is 23.9 Å². The van der Waals surface area contributed by atoms with Crippen molar-refractivity contribution in [1.29, 1.82) is 0 Å². The average molecular weight is 407 g/mol. The third kappa shape index (κ3) is 3.46. The van der Waals surface area contributed by atoms with E-state index in [1.54, 1.807) is 34.9 Å². The molecule has 0 unspecified atom stereocenters. The molecule has 0 atom stereocenters. The highest BCUT2D eigenvalue weighted by Gasteiger charge is 2.34. The number of thioether (sulfide) groups is 1. The number of carbonyl (C=O) groups excluding carboxylic acids is 2. The molecule has 2 amide bonds. The molecule has 1 aromatic heterocycles. The van der Waals surface area contributed by atoms with E-state index in [2.05, 4.69) is 4.98 Å². The Morgan fingerprint density at radius 2 is 1.55 bits per heavy atom. The molecule has 3 aromatic rings. The quantitative estimate of drug-likeness (QED) is 0.269. The van der Waals surface area contributed by atoms with Crippen molar-refractivity contribution in [1.82, 2.24) is 14.5 Å². The highest BCUT2D eigenvalue weighted by Crippen LogP contribution is 2.24. The molecule has 0 saturated carbocycles. The van der Waals surface area contributed by atoms with Gasteiger partial charge in [-0.2, -0.15) is 0 Å². The van der Waals surface area contributed by atoms with Gasteiger partial charge < -0.3 is 0 Å². The summed E-state index contributed by atoms with van der Waals surface area (Å²) < 4.78 is 1.70. The van der Waals surface area contributed by atoms with Gasteiger partial charge in [0.1, 0.15) is 0 Å². The van der Waals surface area contributed by atoms with Crippen LogP contribution in [0.4, 0.5) is 0 Å². The third-order valence-electron chi connectivity index (χ3n) is 4.93. The SMILES string of the molecule is CC(C)n1c(SCCCN2C(=O)c3ccccc3C2=O)nc2ccccc2c1=O. The summed E-state index contributed by atoms with van der Waals surface area (Å²) in [6, 6.07) is 14.2. The lowest BCUT2D eigenvalue weighted by Gasteiger charge is -2.17. The Kier molecular flexibility index (Phi) is 5.24. The Bertz CT molecular complexity index is 1130. The zero-order chi connectivity index (χ0) is 20.5. The Hall–Kier alpha value is -2.93. The monoisotopic (exact) mass is 407 g/mol. The Labute approximate surface area is 172 Å². The zero-order valence-electron chi connectivity index (χ0n) is 16.3. The highest BCUT2D eigenvalue weighted by atomic mass is 32.2. The van der Waals surface area contributed by atoms with Crippen molar-refractivity contribution >= 4 is 34.5 Å². The molecule has 29 heavy (non-hydrogen) atoms. The van der Waals surface area contributed by atoms with E-state index in [1.807, 2.05) is 32.0 Å². The molecular weight excluding hydrogens is 386 g/mol. The van der Waals surface area contributed by atoms with E-state index in [-0.39, 0.29) is 23.4 Å². The van der Waals surface area contributed by atoms with E-state index >= 15 is 0 Å². The largest absolute Gasteiger partial charge is 0.285 e. The van der Waals surface area contributed by atoms with E-state index in [9.17, 15) is 14.4 Å². The van der Waals surface area contributed by atoms with Crippen LogP contribution in [0.3, 0.4) is 0 Å². The number of amides is 2. The molecule has 0 spiro atoms. The van der Waals surface area contributed by atoms with Gasteiger partial charge in [0.05, 0.1) is 22.0 Å². The molecule has 0 saturated heterocycles. The summed E-state index contributed by atoms with van der Waals surface area (Å²) in [5.74, 6) is 0.169. The number of rotatable bonds is 6. The Morgan fingerprint density at radius 3 is 2.21 bits per heavy atom. The fraction of sp³-hybridized carbons (Fsp3) is 0.273. The molecule has 0 fully saturated rings. The van der Waals surface area contributed by atoms with Crippen LogP contribution >= 0.6 is 11.8 Å². The maximum Gasteiger partial charge on any atom is 0.262 e. The average Bonchev–Trinajstić information content (AvgIpc) is 2.96. The lowest BCUT2D eigenvalue weighted by Crippen LogP contribution is -2.31. The standard InChI is InChI=1S/C22H21N3O3S/c1-14(2)25-21(28)17-10-5-6-11-18(17)23-22(25)29-13-7-12-24-19(26)15-8-3-4-9-16(15)20(24)27/h3-6,8-11,14H,7,12-13H2,1-2H3. The fourth-order valence-electron chi connectivity index (χ4n) is 3.51. The number of nitrogens with zero attached hydrogens (tertiary/aromatic N) is 3. The molecule has 1 aliphatic rings. The first kappa shape index (κ1) is 19.4. The second-order valence-electron chi connectivity index (χ2n) is 7.19. The molecular formula is C22H21N3O3S. The maximum atomic E-state index is 12.9. The molecule has 0 N–H and O–H groups in total. The van der Waals surface area contributed by atoms with Gasteiger partial charge >= 0.3 is 0 Å². The summed E-state index contributed by atoms with van der Waals surface area (Å²) in [7, 11) is 0. The zero-order valence-corrected chi connectivity index (χ0v) is 17.1. The molecule has 0 aliphatic carbocycles.